The number of aromatic nitrogens is 2. The van der Waals surface area contributed by atoms with Crippen LogP contribution in [0.25, 0.3) is 11.0 Å². The molecule has 0 saturated carbocycles. The van der Waals surface area contributed by atoms with Crippen molar-refractivity contribution in [1.29, 1.82) is 0 Å². The van der Waals surface area contributed by atoms with Gasteiger partial charge in [0.05, 0.1) is 17.6 Å². The van der Waals surface area contributed by atoms with Gasteiger partial charge in [-0.05, 0) is 18.2 Å². The highest BCUT2D eigenvalue weighted by Crippen LogP contribution is 2.17. The number of nitrogens with one attached hydrogen (secondary N) is 2. The Labute approximate surface area is 121 Å². The maximum atomic E-state index is 12.2. The number of hydrogen-bond donors (Lipinski definition) is 2. The second-order valence-corrected chi connectivity index (χ2v) is 5.29. The van der Waals surface area contributed by atoms with Gasteiger partial charge in [-0.3, -0.25) is 10.1 Å². The molecule has 1 unspecified atom stereocenters. The quantitative estimate of drug-likeness (QED) is 0.846. The lowest BCUT2D eigenvalue weighted by atomic mass is 10.3. The Morgan fingerprint density at radius 1 is 1.55 bits per heavy atom. The van der Waals surface area contributed by atoms with E-state index in [-0.39, 0.29) is 11.9 Å². The molecule has 1 aliphatic heterocycles. The van der Waals surface area contributed by atoms with Crippen LogP contribution in [-0.2, 0) is 11.3 Å². The van der Waals surface area contributed by atoms with Crippen molar-refractivity contribution >= 4 is 28.5 Å². The number of amides is 1. The summed E-state index contributed by atoms with van der Waals surface area (Å²) in [6.07, 6.45) is 3.84. The summed E-state index contributed by atoms with van der Waals surface area (Å²) >= 11 is 5.94. The van der Waals surface area contributed by atoms with Crippen molar-refractivity contribution in [2.24, 2.45) is 0 Å². The fourth-order valence-corrected chi connectivity index (χ4v) is 2.46. The molecule has 1 aromatic heterocycles. The van der Waals surface area contributed by atoms with Crippen molar-refractivity contribution in [1.82, 2.24) is 20.2 Å². The van der Waals surface area contributed by atoms with Crippen LogP contribution in [0.15, 0.2) is 30.4 Å². The lowest BCUT2D eigenvalue weighted by molar-refractivity contribution is -0.131. The predicted molar refractivity (Wildman–Crippen MR) is 78.5 cm³/mol. The summed E-state index contributed by atoms with van der Waals surface area (Å²) in [6, 6.07) is 5.27. The summed E-state index contributed by atoms with van der Waals surface area (Å²) in [4.78, 5) is 21.5. The Balaban J connectivity index is 1.75. The molecule has 0 aliphatic carbocycles. The second kappa shape index (κ2) is 5.26. The number of benzene rings is 1. The Bertz CT molecular complexity index is 679. The highest BCUT2D eigenvalue weighted by molar-refractivity contribution is 6.31. The molecule has 0 spiro atoms. The standard InChI is InChI=1S/C14H15ClN4O/c1-19(14(20)11-3-2-6-16-11)8-13-17-10-5-4-9(15)7-12(10)18-13/h2-5,7,11,16H,6,8H2,1H3,(H,17,18). The number of imidazole rings is 1. The number of rotatable bonds is 3. The number of likely N-dealkylation sites (N-methyl/N-ethyl adjacent to an activating group) is 1. The summed E-state index contributed by atoms with van der Waals surface area (Å²) in [5, 5.41) is 3.77. The molecule has 0 radical (unpaired) electrons. The molecular weight excluding hydrogens is 276 g/mol. The van der Waals surface area contributed by atoms with Crippen molar-refractivity contribution < 1.29 is 4.79 Å². The summed E-state index contributed by atoms with van der Waals surface area (Å²) in [6.45, 7) is 1.19. The molecule has 3 rings (SSSR count). The maximum absolute atomic E-state index is 12.2. The first kappa shape index (κ1) is 13.1. The number of fused-ring (bicyclic) bond motifs is 1. The first-order valence-corrected chi connectivity index (χ1v) is 6.80. The summed E-state index contributed by atoms with van der Waals surface area (Å²) < 4.78 is 0. The van der Waals surface area contributed by atoms with Crippen molar-refractivity contribution in [3.05, 3.63) is 41.2 Å². The number of H-pyrrole nitrogens is 1. The van der Waals surface area contributed by atoms with E-state index in [0.29, 0.717) is 11.6 Å². The lowest BCUT2D eigenvalue weighted by Crippen LogP contribution is -2.41. The van der Waals surface area contributed by atoms with Crippen LogP contribution in [0.3, 0.4) is 0 Å². The minimum atomic E-state index is -0.223. The fraction of sp³-hybridized carbons (Fsp3) is 0.286. The Morgan fingerprint density at radius 3 is 3.15 bits per heavy atom. The van der Waals surface area contributed by atoms with Crippen LogP contribution in [0.5, 0.6) is 0 Å². The predicted octanol–water partition coefficient (Wildman–Crippen LogP) is 1.70. The average Bonchev–Trinajstić information content (AvgIpc) is 3.05. The molecule has 104 valence electrons. The summed E-state index contributed by atoms with van der Waals surface area (Å²) in [7, 11) is 1.77. The lowest BCUT2D eigenvalue weighted by Gasteiger charge is -2.19. The van der Waals surface area contributed by atoms with Crippen LogP contribution in [0.2, 0.25) is 5.02 Å². The number of hydrogen-bond acceptors (Lipinski definition) is 3. The highest BCUT2D eigenvalue weighted by atomic mass is 35.5. The first-order valence-electron chi connectivity index (χ1n) is 6.42. The van der Waals surface area contributed by atoms with Gasteiger partial charge in [0.1, 0.15) is 11.9 Å². The third-order valence-electron chi connectivity index (χ3n) is 3.31. The third-order valence-corrected chi connectivity index (χ3v) is 3.54. The zero-order chi connectivity index (χ0) is 14.1. The van der Waals surface area contributed by atoms with Gasteiger partial charge >= 0.3 is 0 Å². The van der Waals surface area contributed by atoms with Crippen LogP contribution in [0.1, 0.15) is 5.82 Å². The molecule has 0 saturated heterocycles. The van der Waals surface area contributed by atoms with Gasteiger partial charge in [-0.25, -0.2) is 4.98 Å². The van der Waals surface area contributed by atoms with E-state index in [9.17, 15) is 4.79 Å². The topological polar surface area (TPSA) is 61.0 Å². The van der Waals surface area contributed by atoms with Gasteiger partial charge in [0.25, 0.3) is 0 Å². The van der Waals surface area contributed by atoms with E-state index in [0.717, 1.165) is 23.4 Å². The highest BCUT2D eigenvalue weighted by Gasteiger charge is 2.21. The van der Waals surface area contributed by atoms with E-state index in [2.05, 4.69) is 15.3 Å². The van der Waals surface area contributed by atoms with E-state index in [1.807, 2.05) is 24.3 Å². The molecule has 1 amide bonds. The second-order valence-electron chi connectivity index (χ2n) is 4.85. The molecular formula is C14H15ClN4O. The van der Waals surface area contributed by atoms with Crippen LogP contribution < -0.4 is 5.32 Å². The Morgan fingerprint density at radius 2 is 2.40 bits per heavy atom. The van der Waals surface area contributed by atoms with Crippen LogP contribution >= 0.6 is 11.6 Å². The van der Waals surface area contributed by atoms with Crippen molar-refractivity contribution in [3.63, 3.8) is 0 Å². The largest absolute Gasteiger partial charge is 0.340 e. The van der Waals surface area contributed by atoms with Crippen LogP contribution in [0.4, 0.5) is 0 Å². The van der Waals surface area contributed by atoms with Crippen molar-refractivity contribution in [3.8, 4) is 0 Å². The molecule has 1 aliphatic rings. The Hall–Kier alpha value is -1.85. The van der Waals surface area contributed by atoms with E-state index >= 15 is 0 Å². The maximum Gasteiger partial charge on any atom is 0.243 e. The monoisotopic (exact) mass is 290 g/mol. The molecule has 1 aromatic carbocycles. The van der Waals surface area contributed by atoms with E-state index in [1.165, 1.54) is 0 Å². The molecule has 2 aromatic rings. The number of carbonyl (C=O) groups excluding carboxylic acids is 1. The average molecular weight is 291 g/mol. The molecule has 2 heterocycles. The minimum absolute atomic E-state index is 0.0391. The number of aromatic amines is 1. The molecule has 0 bridgehead atoms. The molecule has 6 heteroatoms. The normalized spacial score (nSPS) is 17.8. The fourth-order valence-electron chi connectivity index (χ4n) is 2.29. The Kier molecular flexibility index (Phi) is 3.46. The smallest absolute Gasteiger partial charge is 0.243 e. The van der Waals surface area contributed by atoms with Crippen molar-refractivity contribution in [2.75, 3.05) is 13.6 Å². The molecule has 0 fully saturated rings. The van der Waals surface area contributed by atoms with Gasteiger partial charge in [0.2, 0.25) is 5.91 Å². The third kappa shape index (κ3) is 2.55. The zero-order valence-electron chi connectivity index (χ0n) is 11.1. The van der Waals surface area contributed by atoms with Gasteiger partial charge in [-0.1, -0.05) is 23.8 Å². The molecule has 2 N–H and O–H groups in total. The molecule has 20 heavy (non-hydrogen) atoms. The van der Waals surface area contributed by atoms with E-state index in [1.54, 1.807) is 18.0 Å². The molecule has 5 nitrogen and oxygen atoms in total. The first-order chi connectivity index (χ1) is 9.63. The zero-order valence-corrected chi connectivity index (χ0v) is 11.8. The summed E-state index contributed by atoms with van der Waals surface area (Å²) in [5.74, 6) is 0.789. The summed E-state index contributed by atoms with van der Waals surface area (Å²) in [5.41, 5.74) is 1.73. The van der Waals surface area contributed by atoms with Gasteiger partial charge in [0.15, 0.2) is 0 Å². The van der Waals surface area contributed by atoms with Gasteiger partial charge in [0, 0.05) is 18.6 Å². The van der Waals surface area contributed by atoms with Crippen LogP contribution in [0, 0.1) is 0 Å². The van der Waals surface area contributed by atoms with E-state index < -0.39 is 0 Å². The van der Waals surface area contributed by atoms with Crippen LogP contribution in [-0.4, -0.2) is 40.4 Å². The van der Waals surface area contributed by atoms with Gasteiger partial charge in [-0.2, -0.15) is 0 Å². The minimum Gasteiger partial charge on any atom is -0.340 e. The van der Waals surface area contributed by atoms with Gasteiger partial charge < -0.3 is 9.88 Å². The number of halogens is 1. The van der Waals surface area contributed by atoms with Crippen molar-refractivity contribution in [2.45, 2.75) is 12.6 Å². The van der Waals surface area contributed by atoms with E-state index in [4.69, 9.17) is 11.6 Å². The van der Waals surface area contributed by atoms with Gasteiger partial charge in [-0.15, -0.1) is 0 Å². The number of nitrogens with zero attached hydrogens (tertiary/aromatic N) is 2. The SMILES string of the molecule is CN(Cc1nc2ccc(Cl)cc2[nH]1)C(=O)C1C=CCN1. The molecule has 1 atom stereocenters. The number of carbonyl (C=O) groups is 1.